The minimum absolute atomic E-state index is 0.0173. The van der Waals surface area contributed by atoms with Crippen molar-refractivity contribution in [2.24, 2.45) is 10.7 Å². The number of nitrogens with zero attached hydrogens (tertiary/aromatic N) is 6. The number of methoxy groups -OCH3 is 1. The lowest BCUT2D eigenvalue weighted by Crippen LogP contribution is -2.37. The molecule has 2 unspecified atom stereocenters. The van der Waals surface area contributed by atoms with Gasteiger partial charge in [-0.15, -0.1) is 0 Å². The largest absolute Gasteiger partial charge is 0.467 e. The first-order chi connectivity index (χ1) is 25.2. The van der Waals surface area contributed by atoms with Gasteiger partial charge in [0.25, 0.3) is 5.91 Å². The molecular formula is C35H43Cl2F5N8O3. The molecule has 0 saturated carbocycles. The minimum Gasteiger partial charge on any atom is -0.467 e. The van der Waals surface area contributed by atoms with Crippen molar-refractivity contribution in [1.29, 1.82) is 0 Å². The normalized spacial score (nSPS) is 21.6. The molecule has 2 atom stereocenters. The van der Waals surface area contributed by atoms with Crippen LogP contribution in [0.25, 0.3) is 0 Å². The topological polar surface area (TPSA) is 135 Å². The van der Waals surface area contributed by atoms with Gasteiger partial charge in [-0.2, -0.15) is 23.1 Å². The van der Waals surface area contributed by atoms with Crippen molar-refractivity contribution >= 4 is 46.3 Å². The van der Waals surface area contributed by atoms with Crippen molar-refractivity contribution in [2.75, 3.05) is 63.6 Å². The Morgan fingerprint density at radius 3 is 2.55 bits per heavy atom. The molecule has 1 aromatic carbocycles. The van der Waals surface area contributed by atoms with Crippen LogP contribution in [-0.4, -0.2) is 90.4 Å². The summed E-state index contributed by atoms with van der Waals surface area (Å²) in [5.74, 6) is -1.31. The third-order valence-electron chi connectivity index (χ3n) is 9.78. The average Bonchev–Trinajstić information content (AvgIpc) is 3.66. The number of nitrogen functional groups attached to an aromatic ring is 1. The van der Waals surface area contributed by atoms with Crippen LogP contribution in [0, 0.1) is 5.82 Å². The van der Waals surface area contributed by atoms with Crippen LogP contribution in [0.4, 0.5) is 33.5 Å². The Hall–Kier alpha value is -3.73. The molecule has 290 valence electrons. The molecule has 1 aromatic heterocycles. The molecule has 2 aromatic rings. The number of rotatable bonds is 7. The molecule has 4 N–H and O–H groups in total. The SMILES string of the molecule is CCN(CC)C(=O)/C(N)=C(\Cl)C1=NCCCN(c2nc(OC)nc3c2COC(c2c(F)c(N)cc(Cl)c2C(F)(F)F)C3)C1.F/C=C1/CC2CCCN2C1. The number of carbonyl (C=O) groups excluding carboxylic acids is 1. The van der Waals surface area contributed by atoms with Gasteiger partial charge >= 0.3 is 12.2 Å². The number of aliphatic imine (C=N–C) groups is 1. The summed E-state index contributed by atoms with van der Waals surface area (Å²) in [6, 6.07) is 1.35. The highest BCUT2D eigenvalue weighted by atomic mass is 35.5. The van der Waals surface area contributed by atoms with E-state index >= 15 is 4.39 Å². The molecule has 2 saturated heterocycles. The maximum atomic E-state index is 15.1. The second kappa shape index (κ2) is 17.2. The summed E-state index contributed by atoms with van der Waals surface area (Å²) in [7, 11) is 1.34. The molecule has 5 heterocycles. The fourth-order valence-electron chi connectivity index (χ4n) is 7.10. The predicted octanol–water partition coefficient (Wildman–Crippen LogP) is 6.33. The molecule has 2 fully saturated rings. The van der Waals surface area contributed by atoms with Crippen LogP contribution in [0.15, 0.2) is 33.7 Å². The van der Waals surface area contributed by atoms with Gasteiger partial charge in [0.15, 0.2) is 5.82 Å². The molecule has 0 spiro atoms. The Labute approximate surface area is 314 Å². The number of ether oxygens (including phenoxy) is 2. The van der Waals surface area contributed by atoms with Crippen LogP contribution in [0.2, 0.25) is 5.02 Å². The van der Waals surface area contributed by atoms with E-state index in [9.17, 15) is 22.4 Å². The molecule has 0 aliphatic carbocycles. The number of carbonyl (C=O) groups is 1. The van der Waals surface area contributed by atoms with Crippen LogP contribution in [-0.2, 0) is 28.7 Å². The van der Waals surface area contributed by atoms with E-state index in [2.05, 4.69) is 19.9 Å². The van der Waals surface area contributed by atoms with Crippen LogP contribution >= 0.6 is 23.2 Å². The number of hydrogen-bond donors (Lipinski definition) is 2. The molecule has 6 rings (SSSR count). The van der Waals surface area contributed by atoms with E-state index in [0.717, 1.165) is 30.9 Å². The lowest BCUT2D eigenvalue weighted by molar-refractivity contribution is -0.140. The molecule has 4 aliphatic heterocycles. The van der Waals surface area contributed by atoms with Crippen molar-refractivity contribution in [2.45, 2.75) is 70.9 Å². The van der Waals surface area contributed by atoms with Gasteiger partial charge in [-0.05, 0) is 57.7 Å². The van der Waals surface area contributed by atoms with Gasteiger partial charge in [0.2, 0.25) is 0 Å². The Bertz CT molecular complexity index is 1770. The van der Waals surface area contributed by atoms with Crippen molar-refractivity contribution in [1.82, 2.24) is 19.8 Å². The molecular weight excluding hydrogens is 746 g/mol. The molecule has 18 heteroatoms. The number of amides is 1. The monoisotopic (exact) mass is 788 g/mol. The fraction of sp³-hybridized carbons (Fsp3) is 0.543. The zero-order valence-electron chi connectivity index (χ0n) is 29.7. The number of halogens is 7. The fourth-order valence-corrected chi connectivity index (χ4v) is 7.63. The summed E-state index contributed by atoms with van der Waals surface area (Å²) in [6.45, 7) is 7.32. The number of fused-ring (bicyclic) bond motifs is 2. The Balaban J connectivity index is 0.000000461. The first-order valence-corrected chi connectivity index (χ1v) is 18.1. The standard InChI is InChI=1S/C27H31Cl2F4N7O3.C8H12FN/c1-4-39(5-2)25(41)23(35)21(29)17-11-40(8-6-7-36-17)24-13-12-43-18(10-16(13)37-26(38-24)42-3)19-20(27(31,32)33)14(28)9-15(34)22(19)30;9-5-7-4-8-2-1-3-10(8)6-7/h9,18H,4-8,10-12,34-35H2,1-3H3;5,8H,1-4,6H2/b23-21+;7-5-. The van der Waals surface area contributed by atoms with Crippen LogP contribution in [0.3, 0.4) is 0 Å². The van der Waals surface area contributed by atoms with Gasteiger partial charge < -0.3 is 30.7 Å². The quantitative estimate of drug-likeness (QED) is 0.188. The van der Waals surface area contributed by atoms with E-state index in [4.69, 9.17) is 44.1 Å². The number of alkyl halides is 3. The smallest absolute Gasteiger partial charge is 0.418 e. The average molecular weight is 790 g/mol. The van der Waals surface area contributed by atoms with Crippen LogP contribution < -0.4 is 21.1 Å². The second-order valence-electron chi connectivity index (χ2n) is 13.1. The predicted molar refractivity (Wildman–Crippen MR) is 193 cm³/mol. The lowest BCUT2D eigenvalue weighted by Gasteiger charge is -2.32. The summed E-state index contributed by atoms with van der Waals surface area (Å²) in [4.78, 5) is 32.0. The van der Waals surface area contributed by atoms with E-state index < -0.39 is 45.8 Å². The van der Waals surface area contributed by atoms with E-state index in [-0.39, 0.29) is 36.3 Å². The highest BCUT2D eigenvalue weighted by molar-refractivity contribution is 6.45. The first kappa shape index (κ1) is 40.5. The maximum absolute atomic E-state index is 15.1. The molecule has 53 heavy (non-hydrogen) atoms. The summed E-state index contributed by atoms with van der Waals surface area (Å²) in [6.07, 6.45) is -1.67. The summed E-state index contributed by atoms with van der Waals surface area (Å²) >= 11 is 12.5. The maximum Gasteiger partial charge on any atom is 0.418 e. The summed E-state index contributed by atoms with van der Waals surface area (Å²) in [5, 5.41) is -0.722. The highest BCUT2D eigenvalue weighted by Crippen LogP contribution is 2.46. The number of hydrogen-bond acceptors (Lipinski definition) is 10. The van der Waals surface area contributed by atoms with Gasteiger partial charge in [-0.1, -0.05) is 23.2 Å². The van der Waals surface area contributed by atoms with Gasteiger partial charge in [-0.3, -0.25) is 14.7 Å². The van der Waals surface area contributed by atoms with Crippen molar-refractivity contribution in [3.8, 4) is 6.01 Å². The molecule has 0 radical (unpaired) electrons. The van der Waals surface area contributed by atoms with E-state index in [0.29, 0.717) is 61.4 Å². The Morgan fingerprint density at radius 2 is 1.91 bits per heavy atom. The van der Waals surface area contributed by atoms with Gasteiger partial charge in [-0.25, -0.2) is 8.78 Å². The zero-order valence-corrected chi connectivity index (χ0v) is 31.2. The van der Waals surface area contributed by atoms with Crippen molar-refractivity contribution in [3.63, 3.8) is 0 Å². The van der Waals surface area contributed by atoms with Gasteiger partial charge in [0.1, 0.15) is 11.5 Å². The van der Waals surface area contributed by atoms with Crippen molar-refractivity contribution < 1.29 is 36.2 Å². The second-order valence-corrected chi connectivity index (χ2v) is 13.8. The zero-order chi connectivity index (χ0) is 38.6. The lowest BCUT2D eigenvalue weighted by atomic mass is 9.93. The van der Waals surface area contributed by atoms with Crippen molar-refractivity contribution in [3.05, 3.63) is 61.9 Å². The summed E-state index contributed by atoms with van der Waals surface area (Å²) < 4.78 is 80.2. The van der Waals surface area contributed by atoms with Gasteiger partial charge in [0.05, 0.1) is 65.4 Å². The Morgan fingerprint density at radius 1 is 1.17 bits per heavy atom. The number of anilines is 2. The van der Waals surface area contributed by atoms with Gasteiger partial charge in [0, 0.05) is 56.3 Å². The van der Waals surface area contributed by atoms with E-state index in [1.807, 2.05) is 18.7 Å². The molecule has 11 nitrogen and oxygen atoms in total. The highest BCUT2D eigenvalue weighted by Gasteiger charge is 2.42. The Kier molecular flexibility index (Phi) is 13.1. The van der Waals surface area contributed by atoms with Crippen LogP contribution in [0.1, 0.15) is 68.0 Å². The minimum atomic E-state index is -4.97. The van der Waals surface area contributed by atoms with E-state index in [1.165, 1.54) is 31.4 Å². The number of benzene rings is 1. The third-order valence-corrected chi connectivity index (χ3v) is 10.5. The molecule has 4 aliphatic rings. The molecule has 0 bridgehead atoms. The summed E-state index contributed by atoms with van der Waals surface area (Å²) in [5.41, 5.74) is 11.1. The van der Waals surface area contributed by atoms with E-state index in [1.54, 1.807) is 0 Å². The third kappa shape index (κ3) is 8.82. The number of nitrogens with two attached hydrogens (primary N) is 2. The number of aromatic nitrogens is 2. The first-order valence-electron chi connectivity index (χ1n) is 17.4. The number of likely N-dealkylation sites (N-methyl/N-ethyl adjacent to an activating group) is 1. The van der Waals surface area contributed by atoms with Crippen LogP contribution in [0.5, 0.6) is 6.01 Å². The molecule has 1 amide bonds.